The summed E-state index contributed by atoms with van der Waals surface area (Å²) in [4.78, 5) is 4.44. The molecule has 0 amide bonds. The Labute approximate surface area is 181 Å². The molecule has 4 heteroatoms. The molecule has 0 aliphatic carbocycles. The van der Waals surface area contributed by atoms with Gasteiger partial charge in [-0.15, -0.1) is 4.70 Å². The molecule has 3 aromatic carbocycles. The SMILES string of the molecule is C(=C\c1ccc(C2=NN=[N+](c3cccc(-c4ccccn4)c3)C2)cc1)/c1ccccc1. The Kier molecular flexibility index (Phi) is 5.27. The zero-order valence-corrected chi connectivity index (χ0v) is 17.0. The number of rotatable bonds is 5. The van der Waals surface area contributed by atoms with Crippen LogP contribution < -0.4 is 0 Å². The van der Waals surface area contributed by atoms with Gasteiger partial charge >= 0.3 is 0 Å². The summed E-state index contributed by atoms with van der Waals surface area (Å²) in [5.74, 6) is 0. The van der Waals surface area contributed by atoms with Gasteiger partial charge in [-0.25, -0.2) is 0 Å². The summed E-state index contributed by atoms with van der Waals surface area (Å²) >= 11 is 0. The molecule has 31 heavy (non-hydrogen) atoms. The molecule has 4 aromatic rings. The largest absolute Gasteiger partial charge is 0.256 e. The van der Waals surface area contributed by atoms with E-state index >= 15 is 0 Å². The second-order valence-corrected chi connectivity index (χ2v) is 7.33. The Balaban J connectivity index is 1.28. The fraction of sp³-hybridized carbons (Fsp3) is 0.0370. The molecule has 5 rings (SSSR count). The lowest BCUT2D eigenvalue weighted by molar-refractivity contribution is -0.492. The molecule has 2 heterocycles. The fourth-order valence-corrected chi connectivity index (χ4v) is 3.51. The van der Waals surface area contributed by atoms with Crippen molar-refractivity contribution < 1.29 is 4.70 Å². The minimum absolute atomic E-state index is 0.644. The van der Waals surface area contributed by atoms with Gasteiger partial charge in [-0.05, 0) is 35.4 Å². The van der Waals surface area contributed by atoms with Gasteiger partial charge in [-0.3, -0.25) is 4.98 Å². The van der Waals surface area contributed by atoms with Gasteiger partial charge < -0.3 is 0 Å². The zero-order chi connectivity index (χ0) is 20.9. The molecule has 148 valence electrons. The van der Waals surface area contributed by atoms with E-state index in [2.05, 4.69) is 76.0 Å². The highest BCUT2D eigenvalue weighted by atomic mass is 15.5. The van der Waals surface area contributed by atoms with Crippen molar-refractivity contribution in [2.45, 2.75) is 0 Å². The lowest BCUT2D eigenvalue weighted by Crippen LogP contribution is -2.11. The monoisotopic (exact) mass is 401 g/mol. The molecule has 0 N–H and O–H groups in total. The smallest absolute Gasteiger partial charge is 0.231 e. The number of hydrogen-bond donors (Lipinski definition) is 0. The third-order valence-electron chi connectivity index (χ3n) is 5.19. The van der Waals surface area contributed by atoms with Crippen LogP contribution >= 0.6 is 0 Å². The van der Waals surface area contributed by atoms with Crippen LogP contribution in [0.3, 0.4) is 0 Å². The molecule has 0 spiro atoms. The molecule has 0 unspecified atom stereocenters. The molecular weight excluding hydrogens is 380 g/mol. The second kappa shape index (κ2) is 8.67. The first-order chi connectivity index (χ1) is 15.3. The van der Waals surface area contributed by atoms with E-state index in [0.717, 1.165) is 33.8 Å². The van der Waals surface area contributed by atoms with Crippen molar-refractivity contribution in [3.63, 3.8) is 0 Å². The normalized spacial score (nSPS) is 13.3. The standard InChI is InChI=1S/C27H21N4/c1-2-7-21(8-3-1)12-13-22-14-16-23(17-15-22)27-20-31(30-29-27)25-10-6-9-24(19-25)26-11-4-5-18-28-26/h1-19H,20H2/q+1/b13-12+. The second-order valence-electron chi connectivity index (χ2n) is 7.33. The van der Waals surface area contributed by atoms with Crippen LogP contribution in [0.15, 0.2) is 114 Å². The number of aromatic nitrogens is 1. The highest BCUT2D eigenvalue weighted by Gasteiger charge is 2.23. The predicted molar refractivity (Wildman–Crippen MR) is 125 cm³/mol. The van der Waals surface area contributed by atoms with Crippen LogP contribution in [-0.2, 0) is 0 Å². The maximum Gasteiger partial charge on any atom is 0.231 e. The Morgan fingerprint density at radius 3 is 2.23 bits per heavy atom. The van der Waals surface area contributed by atoms with Crippen molar-refractivity contribution in [2.24, 2.45) is 10.3 Å². The number of hydrogen-bond acceptors (Lipinski definition) is 3. The van der Waals surface area contributed by atoms with Gasteiger partial charge in [0.15, 0.2) is 12.2 Å². The third kappa shape index (κ3) is 4.38. The van der Waals surface area contributed by atoms with E-state index in [-0.39, 0.29) is 0 Å². The highest BCUT2D eigenvalue weighted by molar-refractivity contribution is 6.02. The quantitative estimate of drug-likeness (QED) is 0.280. The molecule has 1 aromatic heterocycles. The van der Waals surface area contributed by atoms with Gasteiger partial charge in [0.2, 0.25) is 5.71 Å². The molecule has 0 bridgehead atoms. The van der Waals surface area contributed by atoms with Crippen LogP contribution in [0.1, 0.15) is 16.7 Å². The van der Waals surface area contributed by atoms with Crippen molar-refractivity contribution >= 4 is 23.6 Å². The van der Waals surface area contributed by atoms with E-state index in [1.54, 1.807) is 0 Å². The maximum atomic E-state index is 4.44. The van der Waals surface area contributed by atoms with E-state index in [1.807, 2.05) is 59.4 Å². The summed E-state index contributed by atoms with van der Waals surface area (Å²) in [6.45, 7) is 0.644. The lowest BCUT2D eigenvalue weighted by Gasteiger charge is -2.03. The number of pyridine rings is 1. The van der Waals surface area contributed by atoms with Gasteiger partial charge in [-0.1, -0.05) is 84.9 Å². The molecule has 0 fully saturated rings. The maximum absolute atomic E-state index is 4.44. The lowest BCUT2D eigenvalue weighted by atomic mass is 10.1. The summed E-state index contributed by atoms with van der Waals surface area (Å²) in [5.41, 5.74) is 7.41. The van der Waals surface area contributed by atoms with E-state index < -0.39 is 0 Å². The first-order valence-corrected chi connectivity index (χ1v) is 10.3. The molecular formula is C27H21N4+. The van der Waals surface area contributed by atoms with Crippen LogP contribution in [0.25, 0.3) is 23.4 Å². The average molecular weight is 401 g/mol. The summed E-state index contributed by atoms with van der Waals surface area (Å²) in [7, 11) is 0. The van der Waals surface area contributed by atoms with Crippen LogP contribution in [0.4, 0.5) is 5.69 Å². The first-order valence-electron chi connectivity index (χ1n) is 10.3. The Bertz CT molecular complexity index is 1270. The summed E-state index contributed by atoms with van der Waals surface area (Å²) in [6.07, 6.45) is 6.05. The van der Waals surface area contributed by atoms with Crippen molar-refractivity contribution in [2.75, 3.05) is 6.54 Å². The van der Waals surface area contributed by atoms with Crippen molar-refractivity contribution in [1.82, 2.24) is 4.98 Å². The van der Waals surface area contributed by atoms with Crippen LogP contribution in [-0.4, -0.2) is 21.9 Å². The molecule has 0 atom stereocenters. The molecule has 0 radical (unpaired) electrons. The molecule has 0 saturated carbocycles. The minimum Gasteiger partial charge on any atom is -0.256 e. The van der Waals surface area contributed by atoms with Crippen LogP contribution in [0.5, 0.6) is 0 Å². The molecule has 0 saturated heterocycles. The fourth-order valence-electron chi connectivity index (χ4n) is 3.51. The third-order valence-corrected chi connectivity index (χ3v) is 5.19. The molecule has 4 nitrogen and oxygen atoms in total. The summed E-state index contributed by atoms with van der Waals surface area (Å²) < 4.78 is 1.92. The summed E-state index contributed by atoms with van der Waals surface area (Å²) in [5, 5.41) is 8.81. The topological polar surface area (TPSA) is 40.6 Å². The zero-order valence-electron chi connectivity index (χ0n) is 17.0. The summed E-state index contributed by atoms with van der Waals surface area (Å²) in [6, 6.07) is 32.9. The van der Waals surface area contributed by atoms with Crippen molar-refractivity contribution in [3.8, 4) is 11.3 Å². The first kappa shape index (κ1) is 18.8. The van der Waals surface area contributed by atoms with Gasteiger partial charge in [0.1, 0.15) is 5.22 Å². The van der Waals surface area contributed by atoms with Gasteiger partial charge in [0, 0.05) is 17.3 Å². The van der Waals surface area contributed by atoms with Crippen LogP contribution in [0.2, 0.25) is 0 Å². The predicted octanol–water partition coefficient (Wildman–Crippen LogP) is 6.43. The Morgan fingerprint density at radius 2 is 1.45 bits per heavy atom. The van der Waals surface area contributed by atoms with Crippen molar-refractivity contribution in [3.05, 3.63) is 120 Å². The molecule has 1 aliphatic rings. The van der Waals surface area contributed by atoms with E-state index in [0.29, 0.717) is 6.54 Å². The van der Waals surface area contributed by atoms with Gasteiger partial charge in [-0.2, -0.15) is 0 Å². The van der Waals surface area contributed by atoms with Gasteiger partial charge in [0.25, 0.3) is 0 Å². The van der Waals surface area contributed by atoms with E-state index in [1.165, 1.54) is 5.56 Å². The highest BCUT2D eigenvalue weighted by Crippen LogP contribution is 2.24. The number of nitrogens with zero attached hydrogens (tertiary/aromatic N) is 4. The van der Waals surface area contributed by atoms with E-state index in [4.69, 9.17) is 0 Å². The van der Waals surface area contributed by atoms with Gasteiger partial charge in [0.05, 0.1) is 10.8 Å². The molecule has 1 aliphatic heterocycles. The Hall–Kier alpha value is -4.18. The van der Waals surface area contributed by atoms with E-state index in [9.17, 15) is 0 Å². The van der Waals surface area contributed by atoms with Crippen LogP contribution in [0, 0.1) is 0 Å². The Morgan fingerprint density at radius 1 is 0.677 bits per heavy atom. The average Bonchev–Trinajstić information content (AvgIpc) is 3.35. The van der Waals surface area contributed by atoms with Crippen molar-refractivity contribution in [1.29, 1.82) is 0 Å². The minimum atomic E-state index is 0.644. The number of benzene rings is 3.